The lowest BCUT2D eigenvalue weighted by molar-refractivity contribution is -0.154. The van der Waals surface area contributed by atoms with Crippen molar-refractivity contribution >= 4 is 23.8 Å². The standard InChI is InChI=1S/C26H46N2O6/c1-3-5-6-7-8-9-10-11-12-13-14-17-21(20-23(27)29)34-26(33)22(18-15-19-25(31)32)28-24(30)16-4-2/h4,16,21-22H,3,5-15,17-20H2,1-2H3,(H2,27,29)(H,28,30)(H,31,32)/b16-4+/t21-,22-/m0/s1. The molecule has 0 unspecified atom stereocenters. The minimum Gasteiger partial charge on any atom is -0.481 e. The molecular weight excluding hydrogens is 436 g/mol. The predicted molar refractivity (Wildman–Crippen MR) is 133 cm³/mol. The zero-order chi connectivity index (χ0) is 25.6. The molecule has 0 aliphatic heterocycles. The molecule has 0 aromatic carbocycles. The van der Waals surface area contributed by atoms with Gasteiger partial charge in [-0.15, -0.1) is 0 Å². The number of carbonyl (C=O) groups excluding carboxylic acids is 3. The number of carboxylic acids is 1. The molecule has 0 aromatic heterocycles. The van der Waals surface area contributed by atoms with Crippen LogP contribution in [0.25, 0.3) is 0 Å². The minimum absolute atomic E-state index is 0.0752. The van der Waals surface area contributed by atoms with Gasteiger partial charge in [-0.1, -0.05) is 77.2 Å². The van der Waals surface area contributed by atoms with Crippen LogP contribution in [0, 0.1) is 0 Å². The van der Waals surface area contributed by atoms with Crippen LogP contribution >= 0.6 is 0 Å². The van der Waals surface area contributed by atoms with Crippen molar-refractivity contribution in [3.05, 3.63) is 12.2 Å². The van der Waals surface area contributed by atoms with Crippen molar-refractivity contribution in [2.24, 2.45) is 5.73 Å². The third kappa shape index (κ3) is 19.1. The summed E-state index contributed by atoms with van der Waals surface area (Å²) in [6, 6.07) is -0.976. The van der Waals surface area contributed by atoms with Gasteiger partial charge in [0.15, 0.2) is 0 Å². The second kappa shape index (κ2) is 21.2. The van der Waals surface area contributed by atoms with Gasteiger partial charge in [0.25, 0.3) is 0 Å². The quantitative estimate of drug-likeness (QED) is 0.115. The van der Waals surface area contributed by atoms with Gasteiger partial charge in [0.05, 0.1) is 6.42 Å². The molecule has 2 atom stereocenters. The molecule has 0 radical (unpaired) electrons. The van der Waals surface area contributed by atoms with E-state index >= 15 is 0 Å². The molecular formula is C26H46N2O6. The second-order valence-corrected chi connectivity index (χ2v) is 8.90. The molecule has 34 heavy (non-hydrogen) atoms. The Kier molecular flexibility index (Phi) is 19.7. The van der Waals surface area contributed by atoms with Crippen LogP contribution in [0.1, 0.15) is 117 Å². The topological polar surface area (TPSA) is 136 Å². The molecule has 8 nitrogen and oxygen atoms in total. The SMILES string of the molecule is C/C=C/C(=O)N[C@@H](CCCC(=O)O)C(=O)O[C@@H](CCCCCCCCCCCCC)CC(N)=O. The van der Waals surface area contributed by atoms with Crippen LogP contribution in [0.3, 0.4) is 0 Å². The van der Waals surface area contributed by atoms with Crippen LogP contribution in [0.2, 0.25) is 0 Å². The van der Waals surface area contributed by atoms with Gasteiger partial charge in [-0.25, -0.2) is 4.79 Å². The van der Waals surface area contributed by atoms with Crippen molar-refractivity contribution in [1.82, 2.24) is 5.32 Å². The summed E-state index contributed by atoms with van der Waals surface area (Å²) in [5.41, 5.74) is 5.33. The third-order valence-corrected chi connectivity index (χ3v) is 5.64. The Bertz CT molecular complexity index is 620. The number of allylic oxidation sites excluding steroid dienone is 1. The fourth-order valence-electron chi connectivity index (χ4n) is 3.79. The number of hydrogen-bond donors (Lipinski definition) is 3. The number of nitrogens with two attached hydrogens (primary N) is 1. The Morgan fingerprint density at radius 2 is 1.44 bits per heavy atom. The highest BCUT2D eigenvalue weighted by Gasteiger charge is 2.25. The van der Waals surface area contributed by atoms with Crippen molar-refractivity contribution in [3.63, 3.8) is 0 Å². The van der Waals surface area contributed by atoms with Gasteiger partial charge in [0.2, 0.25) is 11.8 Å². The van der Waals surface area contributed by atoms with E-state index in [-0.39, 0.29) is 25.7 Å². The molecule has 0 aromatic rings. The van der Waals surface area contributed by atoms with Gasteiger partial charge in [-0.3, -0.25) is 14.4 Å². The van der Waals surface area contributed by atoms with Gasteiger partial charge in [0.1, 0.15) is 12.1 Å². The number of aliphatic carboxylic acids is 1. The summed E-state index contributed by atoms with van der Waals surface area (Å²) >= 11 is 0. The highest BCUT2D eigenvalue weighted by Crippen LogP contribution is 2.16. The number of hydrogen-bond acceptors (Lipinski definition) is 5. The lowest BCUT2D eigenvalue weighted by Gasteiger charge is -2.22. The van der Waals surface area contributed by atoms with Crippen molar-refractivity contribution < 1.29 is 29.0 Å². The predicted octanol–water partition coefficient (Wildman–Crippen LogP) is 4.79. The molecule has 4 N–H and O–H groups in total. The second-order valence-electron chi connectivity index (χ2n) is 8.90. The van der Waals surface area contributed by atoms with E-state index in [0.29, 0.717) is 6.42 Å². The van der Waals surface area contributed by atoms with Crippen molar-refractivity contribution in [2.45, 2.75) is 129 Å². The van der Waals surface area contributed by atoms with E-state index < -0.39 is 35.9 Å². The zero-order valence-corrected chi connectivity index (χ0v) is 21.2. The van der Waals surface area contributed by atoms with Crippen LogP contribution in [0.4, 0.5) is 0 Å². The number of esters is 1. The first kappa shape index (κ1) is 31.6. The van der Waals surface area contributed by atoms with Crippen molar-refractivity contribution in [1.29, 1.82) is 0 Å². The molecule has 0 fully saturated rings. The Labute approximate surface area is 205 Å². The molecule has 0 bridgehead atoms. The maximum atomic E-state index is 12.7. The average molecular weight is 483 g/mol. The summed E-state index contributed by atoms with van der Waals surface area (Å²) in [6.45, 7) is 3.90. The van der Waals surface area contributed by atoms with Crippen LogP contribution in [0.15, 0.2) is 12.2 Å². The highest BCUT2D eigenvalue weighted by atomic mass is 16.5. The zero-order valence-electron chi connectivity index (χ0n) is 21.2. The Morgan fingerprint density at radius 3 is 1.94 bits per heavy atom. The number of ether oxygens (including phenoxy) is 1. The molecule has 0 saturated carbocycles. The molecule has 0 aliphatic carbocycles. The van der Waals surface area contributed by atoms with Gasteiger partial charge in [-0.05, 0) is 38.7 Å². The fraction of sp³-hybridized carbons (Fsp3) is 0.769. The number of unbranched alkanes of at least 4 members (excludes halogenated alkanes) is 10. The average Bonchev–Trinajstić information content (AvgIpc) is 2.76. The summed E-state index contributed by atoms with van der Waals surface area (Å²) in [5.74, 6) is -2.66. The highest BCUT2D eigenvalue weighted by molar-refractivity contribution is 5.91. The van der Waals surface area contributed by atoms with Crippen LogP contribution in [-0.2, 0) is 23.9 Å². The summed E-state index contributed by atoms with van der Waals surface area (Å²) < 4.78 is 5.53. The first-order valence-corrected chi connectivity index (χ1v) is 12.9. The normalized spacial score (nSPS) is 12.9. The van der Waals surface area contributed by atoms with E-state index in [9.17, 15) is 19.2 Å². The Morgan fingerprint density at radius 1 is 0.882 bits per heavy atom. The van der Waals surface area contributed by atoms with E-state index in [0.717, 1.165) is 19.3 Å². The van der Waals surface area contributed by atoms with E-state index in [1.54, 1.807) is 6.92 Å². The Hall–Kier alpha value is -2.38. The van der Waals surface area contributed by atoms with Crippen molar-refractivity contribution in [3.8, 4) is 0 Å². The van der Waals surface area contributed by atoms with Crippen LogP contribution < -0.4 is 11.1 Å². The molecule has 0 aliphatic rings. The smallest absolute Gasteiger partial charge is 0.328 e. The van der Waals surface area contributed by atoms with E-state index in [4.69, 9.17) is 15.6 Å². The van der Waals surface area contributed by atoms with Crippen molar-refractivity contribution in [2.75, 3.05) is 0 Å². The van der Waals surface area contributed by atoms with Gasteiger partial charge < -0.3 is 20.9 Å². The number of rotatable bonds is 22. The summed E-state index contributed by atoms with van der Waals surface area (Å²) in [5, 5.41) is 11.4. The van der Waals surface area contributed by atoms with E-state index in [1.165, 1.54) is 63.5 Å². The third-order valence-electron chi connectivity index (χ3n) is 5.64. The first-order valence-electron chi connectivity index (χ1n) is 12.9. The number of carbonyl (C=O) groups is 4. The van der Waals surface area contributed by atoms with Gasteiger partial charge in [-0.2, -0.15) is 0 Å². The summed E-state index contributed by atoms with van der Waals surface area (Å²) in [6.07, 6.45) is 16.0. The maximum Gasteiger partial charge on any atom is 0.328 e. The number of nitrogens with one attached hydrogen (secondary N) is 1. The maximum absolute atomic E-state index is 12.7. The largest absolute Gasteiger partial charge is 0.481 e. The van der Waals surface area contributed by atoms with E-state index in [2.05, 4.69) is 12.2 Å². The number of primary amides is 1. The minimum atomic E-state index is -0.977. The monoisotopic (exact) mass is 482 g/mol. The number of amides is 2. The Balaban J connectivity index is 4.50. The van der Waals surface area contributed by atoms with Gasteiger partial charge >= 0.3 is 11.9 Å². The van der Waals surface area contributed by atoms with Crippen LogP contribution in [0.5, 0.6) is 0 Å². The molecule has 2 amide bonds. The molecule has 196 valence electrons. The summed E-state index contributed by atoms with van der Waals surface area (Å²) in [4.78, 5) is 46.8. The lowest BCUT2D eigenvalue weighted by atomic mass is 10.0. The molecule has 0 spiro atoms. The van der Waals surface area contributed by atoms with E-state index in [1.807, 2.05) is 0 Å². The molecule has 0 rings (SSSR count). The first-order chi connectivity index (χ1) is 16.3. The summed E-state index contributed by atoms with van der Waals surface area (Å²) in [7, 11) is 0. The fourth-order valence-corrected chi connectivity index (χ4v) is 3.79. The lowest BCUT2D eigenvalue weighted by Crippen LogP contribution is -2.43. The molecule has 0 heterocycles. The molecule has 8 heteroatoms. The van der Waals surface area contributed by atoms with Crippen LogP contribution in [-0.4, -0.2) is 41.0 Å². The van der Waals surface area contributed by atoms with Gasteiger partial charge in [0, 0.05) is 6.42 Å². The number of carboxylic acid groups (broad SMARTS) is 1. The molecule has 0 saturated heterocycles.